The van der Waals surface area contributed by atoms with E-state index >= 15 is 0 Å². The zero-order valence-corrected chi connectivity index (χ0v) is 11.4. The van der Waals surface area contributed by atoms with E-state index in [9.17, 15) is 5.11 Å². The van der Waals surface area contributed by atoms with Crippen molar-refractivity contribution in [1.82, 2.24) is 9.36 Å². The highest BCUT2D eigenvalue weighted by molar-refractivity contribution is 7.09. The molecule has 1 aliphatic carbocycles. The van der Waals surface area contributed by atoms with E-state index in [0.29, 0.717) is 6.54 Å². The van der Waals surface area contributed by atoms with Crippen molar-refractivity contribution in [3.8, 4) is 0 Å². The van der Waals surface area contributed by atoms with Gasteiger partial charge in [-0.25, -0.2) is 4.98 Å². The minimum Gasteiger partial charge on any atom is -0.388 e. The van der Waals surface area contributed by atoms with E-state index in [-0.39, 0.29) is 0 Å². The Labute approximate surface area is 107 Å². The number of rotatable bonds is 4. The first-order valence-electron chi connectivity index (χ1n) is 6.38. The van der Waals surface area contributed by atoms with Crippen molar-refractivity contribution in [3.63, 3.8) is 0 Å². The summed E-state index contributed by atoms with van der Waals surface area (Å²) in [6.07, 6.45) is 5.32. The topological polar surface area (TPSA) is 58.0 Å². The molecule has 5 heteroatoms. The van der Waals surface area contributed by atoms with Gasteiger partial charge in [-0.05, 0) is 38.5 Å². The first-order valence-corrected chi connectivity index (χ1v) is 7.15. The average molecular weight is 255 g/mol. The van der Waals surface area contributed by atoms with Crippen molar-refractivity contribution < 1.29 is 5.11 Å². The van der Waals surface area contributed by atoms with Gasteiger partial charge >= 0.3 is 0 Å². The van der Waals surface area contributed by atoms with Crippen LogP contribution in [0.1, 0.15) is 44.9 Å². The molecule has 1 saturated carbocycles. The van der Waals surface area contributed by atoms with Crippen LogP contribution < -0.4 is 5.32 Å². The van der Waals surface area contributed by atoms with Crippen LogP contribution in [0.5, 0.6) is 0 Å². The van der Waals surface area contributed by atoms with Gasteiger partial charge in [-0.1, -0.05) is 13.3 Å². The summed E-state index contributed by atoms with van der Waals surface area (Å²) >= 11 is 1.36. The van der Waals surface area contributed by atoms with E-state index in [1.54, 1.807) is 0 Å². The summed E-state index contributed by atoms with van der Waals surface area (Å²) in [5.41, 5.74) is -0.550. The Bertz CT molecular complexity index is 358. The standard InChI is InChI=1S/C12H21N3OS/c1-3-10-4-6-12(16,7-5-10)8-13-11-14-9(2)15-17-11/h10,16H,3-8H2,1-2H3,(H,13,14,15). The number of hydrogen-bond acceptors (Lipinski definition) is 5. The Morgan fingerprint density at radius 1 is 1.47 bits per heavy atom. The summed E-state index contributed by atoms with van der Waals surface area (Å²) in [5.74, 6) is 1.60. The third kappa shape index (κ3) is 3.39. The molecule has 0 radical (unpaired) electrons. The van der Waals surface area contributed by atoms with Crippen molar-refractivity contribution in [2.45, 2.75) is 51.6 Å². The molecule has 1 fully saturated rings. The molecule has 0 saturated heterocycles. The van der Waals surface area contributed by atoms with Crippen molar-refractivity contribution in [2.75, 3.05) is 11.9 Å². The van der Waals surface area contributed by atoms with Gasteiger partial charge in [0.25, 0.3) is 0 Å². The van der Waals surface area contributed by atoms with E-state index in [4.69, 9.17) is 0 Å². The average Bonchev–Trinajstić information content (AvgIpc) is 2.74. The predicted octanol–water partition coefficient (Wildman–Crippen LogP) is 2.59. The maximum Gasteiger partial charge on any atom is 0.202 e. The Hall–Kier alpha value is -0.680. The predicted molar refractivity (Wildman–Crippen MR) is 70.3 cm³/mol. The molecule has 0 atom stereocenters. The van der Waals surface area contributed by atoms with Crippen molar-refractivity contribution in [2.24, 2.45) is 5.92 Å². The maximum absolute atomic E-state index is 10.4. The lowest BCUT2D eigenvalue weighted by molar-refractivity contribution is 0.00229. The Morgan fingerprint density at radius 3 is 2.71 bits per heavy atom. The molecule has 1 heterocycles. The summed E-state index contributed by atoms with van der Waals surface area (Å²) in [4.78, 5) is 4.24. The summed E-state index contributed by atoms with van der Waals surface area (Å²) in [5, 5.41) is 14.5. The normalized spacial score (nSPS) is 29.2. The minimum atomic E-state index is -0.550. The van der Waals surface area contributed by atoms with E-state index in [0.717, 1.165) is 42.6 Å². The van der Waals surface area contributed by atoms with E-state index < -0.39 is 5.60 Å². The van der Waals surface area contributed by atoms with Crippen LogP contribution >= 0.6 is 11.5 Å². The molecule has 96 valence electrons. The van der Waals surface area contributed by atoms with Gasteiger partial charge in [0.2, 0.25) is 5.13 Å². The number of anilines is 1. The molecular weight excluding hydrogens is 234 g/mol. The van der Waals surface area contributed by atoms with Crippen molar-refractivity contribution >= 4 is 16.7 Å². The minimum absolute atomic E-state index is 0.550. The maximum atomic E-state index is 10.4. The van der Waals surface area contributed by atoms with Gasteiger partial charge in [0.1, 0.15) is 5.82 Å². The lowest BCUT2D eigenvalue weighted by atomic mass is 9.78. The van der Waals surface area contributed by atoms with Crippen LogP contribution in [-0.2, 0) is 0 Å². The SMILES string of the molecule is CCC1CCC(O)(CNc2nc(C)ns2)CC1. The first-order chi connectivity index (χ1) is 8.11. The van der Waals surface area contributed by atoms with E-state index in [1.807, 2.05) is 6.92 Å². The molecule has 17 heavy (non-hydrogen) atoms. The molecule has 1 aliphatic rings. The fraction of sp³-hybridized carbons (Fsp3) is 0.833. The molecule has 2 rings (SSSR count). The fourth-order valence-electron chi connectivity index (χ4n) is 2.41. The van der Waals surface area contributed by atoms with Crippen LogP contribution in [0.4, 0.5) is 5.13 Å². The van der Waals surface area contributed by atoms with Crippen LogP contribution in [0, 0.1) is 12.8 Å². The lowest BCUT2D eigenvalue weighted by Crippen LogP contribution is -2.40. The second-order valence-corrected chi connectivity index (χ2v) is 5.83. The molecule has 0 amide bonds. The van der Waals surface area contributed by atoms with E-state index in [1.165, 1.54) is 18.0 Å². The second kappa shape index (κ2) is 5.31. The summed E-state index contributed by atoms with van der Waals surface area (Å²) < 4.78 is 4.11. The molecule has 0 unspecified atom stereocenters. The Morgan fingerprint density at radius 2 is 2.18 bits per heavy atom. The number of aryl methyl sites for hydroxylation is 1. The molecule has 1 aromatic rings. The van der Waals surface area contributed by atoms with Crippen LogP contribution in [0.15, 0.2) is 0 Å². The second-order valence-electron chi connectivity index (χ2n) is 5.08. The van der Waals surface area contributed by atoms with Crippen molar-refractivity contribution in [1.29, 1.82) is 0 Å². The summed E-state index contributed by atoms with van der Waals surface area (Å²) in [6, 6.07) is 0. The zero-order chi connectivity index (χ0) is 12.3. The smallest absolute Gasteiger partial charge is 0.202 e. The molecule has 2 N–H and O–H groups in total. The zero-order valence-electron chi connectivity index (χ0n) is 10.6. The van der Waals surface area contributed by atoms with Crippen LogP contribution in [0.3, 0.4) is 0 Å². The van der Waals surface area contributed by atoms with Crippen molar-refractivity contribution in [3.05, 3.63) is 5.82 Å². The van der Waals surface area contributed by atoms with Gasteiger partial charge in [0.15, 0.2) is 0 Å². The van der Waals surface area contributed by atoms with Crippen LogP contribution in [0.2, 0.25) is 0 Å². The third-order valence-electron chi connectivity index (χ3n) is 3.71. The number of aromatic nitrogens is 2. The van der Waals surface area contributed by atoms with Gasteiger partial charge in [-0.2, -0.15) is 4.37 Å². The Kier molecular flexibility index (Phi) is 3.99. The van der Waals surface area contributed by atoms with Gasteiger partial charge in [-0.3, -0.25) is 0 Å². The summed E-state index contributed by atoms with van der Waals surface area (Å²) in [7, 11) is 0. The molecule has 1 aromatic heterocycles. The molecule has 4 nitrogen and oxygen atoms in total. The highest BCUT2D eigenvalue weighted by Gasteiger charge is 2.32. The number of aliphatic hydroxyl groups is 1. The van der Waals surface area contributed by atoms with E-state index in [2.05, 4.69) is 21.6 Å². The first kappa shape index (κ1) is 12.8. The fourth-order valence-corrected chi connectivity index (χ4v) is 2.98. The van der Waals surface area contributed by atoms with Gasteiger partial charge in [-0.15, -0.1) is 0 Å². The number of nitrogens with one attached hydrogen (secondary N) is 1. The quantitative estimate of drug-likeness (QED) is 0.868. The molecule has 0 aromatic carbocycles. The van der Waals surface area contributed by atoms with Crippen LogP contribution in [0.25, 0.3) is 0 Å². The Balaban J connectivity index is 1.82. The molecular formula is C12H21N3OS. The van der Waals surface area contributed by atoms with Gasteiger partial charge in [0.05, 0.1) is 5.60 Å². The highest BCUT2D eigenvalue weighted by Crippen LogP contribution is 2.33. The van der Waals surface area contributed by atoms with Gasteiger partial charge < -0.3 is 10.4 Å². The van der Waals surface area contributed by atoms with Crippen LogP contribution in [-0.4, -0.2) is 26.6 Å². The van der Waals surface area contributed by atoms with Gasteiger partial charge in [0, 0.05) is 18.1 Å². The molecule has 0 aliphatic heterocycles. The number of nitrogens with zero attached hydrogens (tertiary/aromatic N) is 2. The lowest BCUT2D eigenvalue weighted by Gasteiger charge is -2.35. The molecule has 0 spiro atoms. The number of hydrogen-bond donors (Lipinski definition) is 2. The monoisotopic (exact) mass is 255 g/mol. The largest absolute Gasteiger partial charge is 0.388 e. The summed E-state index contributed by atoms with van der Waals surface area (Å²) in [6.45, 7) is 4.71. The molecule has 0 bridgehead atoms. The highest BCUT2D eigenvalue weighted by atomic mass is 32.1. The third-order valence-corrected chi connectivity index (χ3v) is 4.47.